The molecule has 0 saturated carbocycles. The summed E-state index contributed by atoms with van der Waals surface area (Å²) in [5, 5.41) is 13.0. The molecule has 0 saturated heterocycles. The smallest absolute Gasteiger partial charge is 0.320 e. The molecule has 1 unspecified atom stereocenters. The normalized spacial score (nSPS) is 12.6. The first kappa shape index (κ1) is 15.2. The Hall–Kier alpha value is -2.21. The maximum atomic E-state index is 11.1. The van der Waals surface area contributed by atoms with E-state index in [4.69, 9.17) is 9.63 Å². The minimum absolute atomic E-state index is 0.334. The molecule has 0 aliphatic heterocycles. The molecule has 1 aromatic carbocycles. The SMILES string of the molecule is CCC(C(=O)O)N(C)Cc1noc(-c2ccc(C)cc2)n1. The third kappa shape index (κ3) is 3.66. The van der Waals surface area contributed by atoms with Gasteiger partial charge in [0.2, 0.25) is 0 Å². The second-order valence-corrected chi connectivity index (χ2v) is 5.06. The number of aryl methyl sites for hydroxylation is 1. The Morgan fingerprint density at radius 2 is 2.05 bits per heavy atom. The average molecular weight is 289 g/mol. The first-order valence-corrected chi connectivity index (χ1v) is 6.84. The Morgan fingerprint density at radius 3 is 2.62 bits per heavy atom. The van der Waals surface area contributed by atoms with Crippen LogP contribution in [0.3, 0.4) is 0 Å². The predicted octanol–water partition coefficient (Wildman–Crippen LogP) is 2.34. The van der Waals surface area contributed by atoms with Crippen LogP contribution in [0, 0.1) is 6.92 Å². The molecule has 1 N–H and O–H groups in total. The average Bonchev–Trinajstić information content (AvgIpc) is 2.88. The Kier molecular flexibility index (Phi) is 4.70. The van der Waals surface area contributed by atoms with Crippen molar-refractivity contribution in [3.63, 3.8) is 0 Å². The zero-order chi connectivity index (χ0) is 15.4. The zero-order valence-corrected chi connectivity index (χ0v) is 12.4. The van der Waals surface area contributed by atoms with E-state index in [0.29, 0.717) is 24.7 Å². The number of hydrogen-bond donors (Lipinski definition) is 1. The van der Waals surface area contributed by atoms with Crippen molar-refractivity contribution in [2.45, 2.75) is 32.9 Å². The number of carboxylic acids is 1. The van der Waals surface area contributed by atoms with Crippen LogP contribution in [0.5, 0.6) is 0 Å². The van der Waals surface area contributed by atoms with Gasteiger partial charge in [0.1, 0.15) is 6.04 Å². The molecule has 21 heavy (non-hydrogen) atoms. The largest absolute Gasteiger partial charge is 0.480 e. The molecule has 0 fully saturated rings. The fraction of sp³-hybridized carbons (Fsp3) is 0.400. The second kappa shape index (κ2) is 6.49. The Labute approximate surface area is 123 Å². The van der Waals surface area contributed by atoms with Crippen LogP contribution in [0.2, 0.25) is 0 Å². The molecular weight excluding hydrogens is 270 g/mol. The summed E-state index contributed by atoms with van der Waals surface area (Å²) in [4.78, 5) is 17.1. The lowest BCUT2D eigenvalue weighted by Crippen LogP contribution is -2.37. The standard InChI is InChI=1S/C15H19N3O3/c1-4-12(15(19)20)18(3)9-13-16-14(21-17-13)11-7-5-10(2)6-8-11/h5-8,12H,4,9H2,1-3H3,(H,19,20). The first-order chi connectivity index (χ1) is 10.0. The van der Waals surface area contributed by atoms with Crippen molar-refractivity contribution in [2.75, 3.05) is 7.05 Å². The van der Waals surface area contributed by atoms with Crippen LogP contribution >= 0.6 is 0 Å². The summed E-state index contributed by atoms with van der Waals surface area (Å²) in [5.74, 6) is 0.0804. The summed E-state index contributed by atoms with van der Waals surface area (Å²) >= 11 is 0. The van der Waals surface area contributed by atoms with Crippen LogP contribution in [-0.4, -0.2) is 39.2 Å². The summed E-state index contributed by atoms with van der Waals surface area (Å²) in [5.41, 5.74) is 2.01. The van der Waals surface area contributed by atoms with Crippen molar-refractivity contribution in [3.8, 4) is 11.5 Å². The Morgan fingerprint density at radius 1 is 1.38 bits per heavy atom. The van der Waals surface area contributed by atoms with Gasteiger partial charge in [-0.2, -0.15) is 4.98 Å². The second-order valence-electron chi connectivity index (χ2n) is 5.06. The highest BCUT2D eigenvalue weighted by Crippen LogP contribution is 2.18. The van der Waals surface area contributed by atoms with E-state index < -0.39 is 12.0 Å². The summed E-state index contributed by atoms with van der Waals surface area (Å²) < 4.78 is 5.23. The topological polar surface area (TPSA) is 79.5 Å². The third-order valence-corrected chi connectivity index (χ3v) is 3.36. The van der Waals surface area contributed by atoms with Gasteiger partial charge in [-0.25, -0.2) is 0 Å². The lowest BCUT2D eigenvalue weighted by atomic mass is 10.1. The highest BCUT2D eigenvalue weighted by molar-refractivity contribution is 5.73. The van der Waals surface area contributed by atoms with Gasteiger partial charge in [0.05, 0.1) is 6.54 Å². The number of carboxylic acid groups (broad SMARTS) is 1. The van der Waals surface area contributed by atoms with E-state index in [1.165, 1.54) is 0 Å². The highest BCUT2D eigenvalue weighted by Gasteiger charge is 2.22. The van der Waals surface area contributed by atoms with Crippen LogP contribution in [0.15, 0.2) is 28.8 Å². The highest BCUT2D eigenvalue weighted by atomic mass is 16.5. The number of likely N-dealkylation sites (N-methyl/N-ethyl adjacent to an activating group) is 1. The maximum Gasteiger partial charge on any atom is 0.320 e. The van der Waals surface area contributed by atoms with Gasteiger partial charge in [0.15, 0.2) is 5.82 Å². The monoisotopic (exact) mass is 289 g/mol. The van der Waals surface area contributed by atoms with Crippen LogP contribution < -0.4 is 0 Å². The van der Waals surface area contributed by atoms with Gasteiger partial charge in [-0.1, -0.05) is 29.8 Å². The van der Waals surface area contributed by atoms with E-state index in [-0.39, 0.29) is 0 Å². The van der Waals surface area contributed by atoms with E-state index in [0.717, 1.165) is 11.1 Å². The zero-order valence-electron chi connectivity index (χ0n) is 12.4. The van der Waals surface area contributed by atoms with Crippen molar-refractivity contribution in [2.24, 2.45) is 0 Å². The summed E-state index contributed by atoms with van der Waals surface area (Å²) in [7, 11) is 1.74. The molecule has 0 aliphatic rings. The molecular formula is C15H19N3O3. The van der Waals surface area contributed by atoms with Crippen LogP contribution in [0.25, 0.3) is 11.5 Å². The molecule has 0 bridgehead atoms. The summed E-state index contributed by atoms with van der Waals surface area (Å²) in [6.07, 6.45) is 0.522. The Balaban J connectivity index is 2.09. The van der Waals surface area contributed by atoms with Crippen molar-refractivity contribution >= 4 is 5.97 Å². The van der Waals surface area contributed by atoms with E-state index in [1.54, 1.807) is 11.9 Å². The lowest BCUT2D eigenvalue weighted by Gasteiger charge is -2.21. The molecule has 1 aromatic heterocycles. The minimum atomic E-state index is -0.845. The predicted molar refractivity (Wildman–Crippen MR) is 77.7 cm³/mol. The maximum absolute atomic E-state index is 11.1. The third-order valence-electron chi connectivity index (χ3n) is 3.36. The van der Waals surface area contributed by atoms with Crippen molar-refractivity contribution in [1.29, 1.82) is 0 Å². The number of benzene rings is 1. The fourth-order valence-electron chi connectivity index (χ4n) is 2.14. The Bertz CT molecular complexity index is 607. The number of rotatable bonds is 6. The number of hydrogen-bond acceptors (Lipinski definition) is 5. The summed E-state index contributed by atoms with van der Waals surface area (Å²) in [6, 6.07) is 7.24. The molecule has 2 rings (SSSR count). The molecule has 2 aromatic rings. The van der Waals surface area contributed by atoms with Crippen molar-refractivity contribution in [1.82, 2.24) is 15.0 Å². The molecule has 0 amide bonds. The summed E-state index contributed by atoms with van der Waals surface area (Å²) in [6.45, 7) is 4.18. The molecule has 1 atom stereocenters. The number of carbonyl (C=O) groups is 1. The van der Waals surface area contributed by atoms with Gasteiger partial charge < -0.3 is 9.63 Å². The minimum Gasteiger partial charge on any atom is -0.480 e. The van der Waals surface area contributed by atoms with Crippen LogP contribution in [-0.2, 0) is 11.3 Å². The van der Waals surface area contributed by atoms with Crippen LogP contribution in [0.1, 0.15) is 24.7 Å². The van der Waals surface area contributed by atoms with E-state index >= 15 is 0 Å². The van der Waals surface area contributed by atoms with E-state index in [2.05, 4.69) is 10.1 Å². The molecule has 6 heteroatoms. The number of nitrogens with zero attached hydrogens (tertiary/aromatic N) is 3. The molecule has 0 spiro atoms. The van der Waals surface area contributed by atoms with Crippen molar-refractivity contribution in [3.05, 3.63) is 35.7 Å². The van der Waals surface area contributed by atoms with Gasteiger partial charge in [0.25, 0.3) is 5.89 Å². The van der Waals surface area contributed by atoms with Gasteiger partial charge in [-0.3, -0.25) is 9.69 Å². The van der Waals surface area contributed by atoms with Crippen LogP contribution in [0.4, 0.5) is 0 Å². The molecule has 0 radical (unpaired) electrons. The van der Waals surface area contributed by atoms with Gasteiger partial charge in [-0.05, 0) is 32.5 Å². The lowest BCUT2D eigenvalue weighted by molar-refractivity contribution is -0.143. The molecule has 6 nitrogen and oxygen atoms in total. The first-order valence-electron chi connectivity index (χ1n) is 6.84. The van der Waals surface area contributed by atoms with E-state index in [1.807, 2.05) is 38.1 Å². The molecule has 112 valence electrons. The quantitative estimate of drug-likeness (QED) is 0.879. The van der Waals surface area contributed by atoms with E-state index in [9.17, 15) is 4.79 Å². The van der Waals surface area contributed by atoms with Gasteiger partial charge in [0, 0.05) is 5.56 Å². The van der Waals surface area contributed by atoms with Gasteiger partial charge in [-0.15, -0.1) is 0 Å². The molecule has 1 heterocycles. The van der Waals surface area contributed by atoms with Crippen molar-refractivity contribution < 1.29 is 14.4 Å². The number of aromatic nitrogens is 2. The van der Waals surface area contributed by atoms with Gasteiger partial charge >= 0.3 is 5.97 Å². The fourth-order valence-corrected chi connectivity index (χ4v) is 2.14. The molecule has 0 aliphatic carbocycles. The number of aliphatic carboxylic acids is 1.